The second-order valence-corrected chi connectivity index (χ2v) is 7.55. The fourth-order valence-electron chi connectivity index (χ4n) is 2.45. The van der Waals surface area contributed by atoms with E-state index in [9.17, 15) is 8.42 Å². The van der Waals surface area contributed by atoms with Crippen LogP contribution in [-0.4, -0.2) is 44.0 Å². The molecule has 23 heavy (non-hydrogen) atoms. The lowest BCUT2D eigenvalue weighted by Crippen LogP contribution is -2.34. The third kappa shape index (κ3) is 3.32. The smallest absolute Gasteiger partial charge is 0.257 e. The molecule has 124 valence electrons. The lowest BCUT2D eigenvalue weighted by molar-refractivity contribution is 0.329. The summed E-state index contributed by atoms with van der Waals surface area (Å²) in [5, 5.41) is 2.41. The summed E-state index contributed by atoms with van der Waals surface area (Å²) >= 11 is 1.32. The molecule has 0 bridgehead atoms. The summed E-state index contributed by atoms with van der Waals surface area (Å²) in [6.45, 7) is 5.39. The summed E-state index contributed by atoms with van der Waals surface area (Å²) in [6.07, 6.45) is 0. The normalized spacial score (nSPS) is 19.0. The monoisotopic (exact) mass is 354 g/mol. The van der Waals surface area contributed by atoms with E-state index in [1.165, 1.54) is 11.8 Å². The number of ether oxygens (including phenoxy) is 2. The SMILES string of the molecule is CCOc1ccc(OCC)c(C2=CSC3=NS(=O)(=O)CCN23)c1. The average Bonchev–Trinajstić information content (AvgIpc) is 2.90. The molecule has 6 nitrogen and oxygen atoms in total. The maximum absolute atomic E-state index is 11.6. The zero-order chi connectivity index (χ0) is 16.4. The first-order valence-corrected chi connectivity index (χ1v) is 9.90. The van der Waals surface area contributed by atoms with Gasteiger partial charge in [0.05, 0.1) is 24.7 Å². The quantitative estimate of drug-likeness (QED) is 0.809. The van der Waals surface area contributed by atoms with Crippen LogP contribution < -0.4 is 9.47 Å². The highest BCUT2D eigenvalue weighted by molar-refractivity contribution is 8.17. The summed E-state index contributed by atoms with van der Waals surface area (Å²) < 4.78 is 38.4. The van der Waals surface area contributed by atoms with Crippen molar-refractivity contribution in [3.8, 4) is 11.5 Å². The highest BCUT2D eigenvalue weighted by Crippen LogP contribution is 2.40. The minimum absolute atomic E-state index is 0.0174. The number of rotatable bonds is 5. The largest absolute Gasteiger partial charge is 0.494 e. The van der Waals surface area contributed by atoms with E-state index in [4.69, 9.17) is 9.47 Å². The van der Waals surface area contributed by atoms with Crippen LogP contribution in [0.2, 0.25) is 0 Å². The maximum Gasteiger partial charge on any atom is 0.257 e. The zero-order valence-electron chi connectivity index (χ0n) is 13.0. The van der Waals surface area contributed by atoms with E-state index in [1.54, 1.807) is 0 Å². The minimum Gasteiger partial charge on any atom is -0.494 e. The number of fused-ring (bicyclic) bond motifs is 1. The summed E-state index contributed by atoms with van der Waals surface area (Å²) in [5.74, 6) is 1.52. The van der Waals surface area contributed by atoms with Crippen molar-refractivity contribution < 1.29 is 17.9 Å². The molecule has 0 atom stereocenters. The van der Waals surface area contributed by atoms with Crippen LogP contribution in [0.25, 0.3) is 5.70 Å². The Morgan fingerprint density at radius 1 is 1.26 bits per heavy atom. The molecule has 8 heteroatoms. The van der Waals surface area contributed by atoms with E-state index in [-0.39, 0.29) is 5.75 Å². The van der Waals surface area contributed by atoms with Gasteiger partial charge in [-0.05, 0) is 32.0 Å². The zero-order valence-corrected chi connectivity index (χ0v) is 14.6. The second kappa shape index (κ2) is 6.45. The van der Waals surface area contributed by atoms with E-state index in [1.807, 2.05) is 42.4 Å². The van der Waals surface area contributed by atoms with Crippen molar-refractivity contribution in [1.29, 1.82) is 0 Å². The van der Waals surface area contributed by atoms with Crippen LogP contribution in [0.4, 0.5) is 0 Å². The van der Waals surface area contributed by atoms with Crippen molar-refractivity contribution in [2.45, 2.75) is 13.8 Å². The van der Waals surface area contributed by atoms with Gasteiger partial charge in [0.25, 0.3) is 10.0 Å². The van der Waals surface area contributed by atoms with E-state index in [0.717, 1.165) is 22.8 Å². The van der Waals surface area contributed by atoms with Crippen LogP contribution in [0.3, 0.4) is 0 Å². The molecular weight excluding hydrogens is 336 g/mol. The first-order valence-electron chi connectivity index (χ1n) is 7.41. The molecule has 0 unspecified atom stereocenters. The van der Waals surface area contributed by atoms with E-state index in [2.05, 4.69) is 4.40 Å². The number of nitrogens with zero attached hydrogens (tertiary/aromatic N) is 2. The van der Waals surface area contributed by atoms with Crippen LogP contribution in [0.5, 0.6) is 11.5 Å². The maximum atomic E-state index is 11.6. The highest BCUT2D eigenvalue weighted by atomic mass is 32.2. The van der Waals surface area contributed by atoms with Gasteiger partial charge >= 0.3 is 0 Å². The molecule has 3 rings (SSSR count). The third-order valence-electron chi connectivity index (χ3n) is 3.43. The Bertz CT molecular complexity index is 772. The first-order chi connectivity index (χ1) is 11.0. The molecule has 0 amide bonds. The fourth-order valence-corrected chi connectivity index (χ4v) is 4.59. The number of amidine groups is 1. The predicted molar refractivity (Wildman–Crippen MR) is 92.3 cm³/mol. The molecule has 1 aromatic rings. The van der Waals surface area contributed by atoms with Crippen molar-refractivity contribution >= 4 is 32.6 Å². The highest BCUT2D eigenvalue weighted by Gasteiger charge is 2.32. The van der Waals surface area contributed by atoms with Crippen LogP contribution in [0.15, 0.2) is 28.0 Å². The molecule has 0 saturated heterocycles. The van der Waals surface area contributed by atoms with Crippen LogP contribution in [0.1, 0.15) is 19.4 Å². The van der Waals surface area contributed by atoms with Crippen molar-refractivity contribution in [2.24, 2.45) is 4.40 Å². The van der Waals surface area contributed by atoms with Crippen molar-refractivity contribution in [1.82, 2.24) is 4.90 Å². The van der Waals surface area contributed by atoms with Gasteiger partial charge in [0.2, 0.25) is 0 Å². The van der Waals surface area contributed by atoms with E-state index >= 15 is 0 Å². The molecule has 1 aromatic carbocycles. The molecular formula is C15H18N2O4S2. The van der Waals surface area contributed by atoms with Crippen molar-refractivity contribution in [3.63, 3.8) is 0 Å². The summed E-state index contributed by atoms with van der Waals surface area (Å²) in [7, 11) is -3.34. The van der Waals surface area contributed by atoms with Gasteiger partial charge in [-0.15, -0.1) is 4.40 Å². The molecule has 0 aliphatic carbocycles. The van der Waals surface area contributed by atoms with E-state index in [0.29, 0.717) is 24.9 Å². The van der Waals surface area contributed by atoms with Crippen LogP contribution >= 0.6 is 11.8 Å². The Morgan fingerprint density at radius 2 is 2.04 bits per heavy atom. The molecule has 0 radical (unpaired) electrons. The Balaban J connectivity index is 1.99. The number of hydrogen-bond acceptors (Lipinski definition) is 6. The van der Waals surface area contributed by atoms with Gasteiger partial charge in [-0.1, -0.05) is 11.8 Å². The Hall–Kier alpha value is -1.67. The predicted octanol–water partition coefficient (Wildman–Crippen LogP) is 2.53. The van der Waals surface area contributed by atoms with Crippen molar-refractivity contribution in [3.05, 3.63) is 29.2 Å². The topological polar surface area (TPSA) is 68.2 Å². The molecule has 2 heterocycles. The van der Waals surface area contributed by atoms with Gasteiger partial charge in [0, 0.05) is 17.5 Å². The number of benzene rings is 1. The number of thioether (sulfide) groups is 1. The lowest BCUT2D eigenvalue weighted by atomic mass is 10.1. The Labute approximate surface area is 140 Å². The van der Waals surface area contributed by atoms with Gasteiger partial charge in [-0.2, -0.15) is 0 Å². The standard InChI is InChI=1S/C15H18N2O4S2/c1-3-20-11-5-6-14(21-4-2)12(9-11)13-10-22-15-16-23(18,19)8-7-17(13)15/h5-6,9-10H,3-4,7-8H2,1-2H3. The molecule has 0 saturated carbocycles. The van der Waals surface area contributed by atoms with Gasteiger partial charge < -0.3 is 14.4 Å². The average molecular weight is 354 g/mol. The number of hydrogen-bond donors (Lipinski definition) is 0. The molecule has 0 N–H and O–H groups in total. The minimum atomic E-state index is -3.34. The molecule has 0 fully saturated rings. The summed E-state index contributed by atoms with van der Waals surface area (Å²) in [5.41, 5.74) is 1.78. The molecule has 2 aliphatic rings. The molecule has 0 aromatic heterocycles. The summed E-state index contributed by atoms with van der Waals surface area (Å²) in [6, 6.07) is 5.68. The van der Waals surface area contributed by atoms with E-state index < -0.39 is 10.0 Å². The third-order valence-corrected chi connectivity index (χ3v) is 5.55. The van der Waals surface area contributed by atoms with Crippen LogP contribution in [0, 0.1) is 0 Å². The Kier molecular flexibility index (Phi) is 4.54. The van der Waals surface area contributed by atoms with Gasteiger partial charge in [-0.25, -0.2) is 8.42 Å². The first kappa shape index (κ1) is 16.2. The fraction of sp³-hybridized carbons (Fsp3) is 0.400. The lowest BCUT2D eigenvalue weighted by Gasteiger charge is -2.26. The summed E-state index contributed by atoms with van der Waals surface area (Å²) in [4.78, 5) is 1.92. The second-order valence-electron chi connectivity index (χ2n) is 4.96. The van der Waals surface area contributed by atoms with Crippen molar-refractivity contribution in [2.75, 3.05) is 25.5 Å². The van der Waals surface area contributed by atoms with Gasteiger partial charge in [0.1, 0.15) is 11.5 Å². The van der Waals surface area contributed by atoms with Gasteiger partial charge in [-0.3, -0.25) is 0 Å². The molecule has 2 aliphatic heterocycles. The van der Waals surface area contributed by atoms with Gasteiger partial charge in [0.15, 0.2) is 5.17 Å². The van der Waals surface area contributed by atoms with Crippen LogP contribution in [-0.2, 0) is 10.0 Å². The Morgan fingerprint density at radius 3 is 2.78 bits per heavy atom. The number of sulfonamides is 1. The molecule has 0 spiro atoms.